The summed E-state index contributed by atoms with van der Waals surface area (Å²) in [5.41, 5.74) is 19.0. The van der Waals surface area contributed by atoms with Crippen molar-refractivity contribution in [2.24, 2.45) is 0 Å². The summed E-state index contributed by atoms with van der Waals surface area (Å²) in [6.07, 6.45) is 0. The first-order chi connectivity index (χ1) is 65.5. The number of hydrogen-bond acceptors (Lipinski definition) is 12. The second-order valence-electron chi connectivity index (χ2n) is 32.6. The molecule has 0 radical (unpaired) electrons. The molecule has 0 aliphatic rings. The fourth-order valence-electron chi connectivity index (χ4n) is 18.7. The Balaban J connectivity index is 0.000000106. The van der Waals surface area contributed by atoms with Gasteiger partial charge in [-0.1, -0.05) is 352 Å². The van der Waals surface area contributed by atoms with Crippen LogP contribution >= 0.6 is 34.0 Å². The van der Waals surface area contributed by atoms with Gasteiger partial charge in [0.25, 0.3) is 0 Å². The lowest BCUT2D eigenvalue weighted by Crippen LogP contribution is -2.03. The third kappa shape index (κ3) is 13.6. The molecule has 618 valence electrons. The van der Waals surface area contributed by atoms with Crippen LogP contribution in [-0.2, 0) is 0 Å². The van der Waals surface area contributed by atoms with E-state index in [-0.39, 0.29) is 0 Å². The molecule has 0 atom stereocenters. The molecule has 0 aliphatic heterocycles. The van der Waals surface area contributed by atoms with Crippen molar-refractivity contribution in [1.82, 2.24) is 58.6 Å². The van der Waals surface area contributed by atoms with Crippen molar-refractivity contribution in [1.29, 1.82) is 0 Å². The van der Waals surface area contributed by atoms with Gasteiger partial charge in [-0.25, -0.2) is 44.9 Å². The molecule has 0 spiro atoms. The summed E-state index contributed by atoms with van der Waals surface area (Å²) >= 11 is 5.58. The first-order valence-corrected chi connectivity index (χ1v) is 46.3. The minimum Gasteiger partial charge on any atom is -0.308 e. The molecular weight excluding hydrogens is 1670 g/mol. The van der Waals surface area contributed by atoms with Crippen LogP contribution in [0.15, 0.2) is 437 Å². The number of para-hydroxylation sites is 4. The molecule has 0 N–H and O–H groups in total. The molecule has 12 nitrogen and oxygen atoms in total. The van der Waals surface area contributed by atoms with Crippen LogP contribution in [0, 0.1) is 0 Å². The van der Waals surface area contributed by atoms with Gasteiger partial charge in [0.15, 0.2) is 52.4 Å². The van der Waals surface area contributed by atoms with Crippen LogP contribution in [0.3, 0.4) is 0 Å². The lowest BCUT2D eigenvalue weighted by atomic mass is 10.1. The third-order valence-corrected chi connectivity index (χ3v) is 28.3. The Bertz CT molecular complexity index is 8980. The molecule has 15 heteroatoms. The van der Waals surface area contributed by atoms with Crippen molar-refractivity contribution >= 4 is 160 Å². The Morgan fingerprint density at radius 3 is 0.780 bits per heavy atom. The van der Waals surface area contributed by atoms with Gasteiger partial charge in [-0.2, -0.15) is 0 Å². The average molecular weight is 1740 g/mol. The van der Waals surface area contributed by atoms with E-state index in [1.54, 1.807) is 0 Å². The Morgan fingerprint density at radius 1 is 0.159 bits per heavy atom. The van der Waals surface area contributed by atoms with Gasteiger partial charge in [-0.05, 0) is 84.9 Å². The molecule has 0 aliphatic carbocycles. The minimum absolute atomic E-state index is 0.641. The van der Waals surface area contributed by atoms with Crippen LogP contribution in [0.5, 0.6) is 0 Å². The molecule has 0 bridgehead atoms. The summed E-state index contributed by atoms with van der Waals surface area (Å²) in [5, 5.41) is 15.2. The van der Waals surface area contributed by atoms with E-state index in [1.165, 1.54) is 120 Å². The van der Waals surface area contributed by atoms with Crippen molar-refractivity contribution in [2.45, 2.75) is 0 Å². The van der Waals surface area contributed by atoms with Crippen LogP contribution in [0.2, 0.25) is 0 Å². The molecule has 132 heavy (non-hydrogen) atoms. The van der Waals surface area contributed by atoms with Gasteiger partial charge in [-0.3, -0.25) is 0 Å². The summed E-state index contributed by atoms with van der Waals surface area (Å²) in [6.45, 7) is 0. The number of fused-ring (bicyclic) bond motifs is 21. The van der Waals surface area contributed by atoms with Gasteiger partial charge in [0.2, 0.25) is 0 Å². The Hall–Kier alpha value is -17.0. The number of rotatable bonds is 12. The smallest absolute Gasteiger partial charge is 0.166 e. The Labute approximate surface area is 769 Å². The molecule has 0 unspecified atom stereocenters. The van der Waals surface area contributed by atoms with E-state index >= 15 is 0 Å². The molecular formula is C117H72N12S3. The number of nitrogens with zero attached hydrogens (tertiary/aromatic N) is 12. The van der Waals surface area contributed by atoms with Gasteiger partial charge in [-0.15, -0.1) is 34.0 Å². The topological polar surface area (TPSA) is 131 Å². The van der Waals surface area contributed by atoms with E-state index in [2.05, 4.69) is 268 Å². The molecule has 0 amide bonds. The average Bonchev–Trinajstić information content (AvgIpc) is 1.56. The minimum atomic E-state index is 0.641. The maximum absolute atomic E-state index is 5.09. The van der Waals surface area contributed by atoms with Crippen LogP contribution < -0.4 is 0 Å². The van der Waals surface area contributed by atoms with E-state index in [9.17, 15) is 0 Å². The summed E-state index contributed by atoms with van der Waals surface area (Å²) in [6, 6.07) is 152. The summed E-state index contributed by atoms with van der Waals surface area (Å²) < 4.78 is 15.0. The van der Waals surface area contributed by atoms with Crippen LogP contribution in [0.25, 0.3) is 245 Å². The Morgan fingerprint density at radius 2 is 0.417 bits per heavy atom. The normalized spacial score (nSPS) is 11.6. The SMILES string of the molecule is c1ccc(-c2nc(-c3ccccc3)nc(-c3ccc(-n4c5ccccc5c5ccc6c7ccccc7sc6c54)cc3)n2)cc1.c1ccc(-c2nc(-c3ccccc3)nc(-c3cccc(-n4c5ccccc5c5ccc6c7ccccc7sc6c54)c3)n2)cc1.c1ccc(-c2nc(-c3ccccc3)nc(-c3ccccc3-n3c4ccccc4c4ccc5c6ccccc6sc5c43)n2)cc1. The van der Waals surface area contributed by atoms with E-state index in [0.29, 0.717) is 52.4 Å². The first-order valence-electron chi connectivity index (χ1n) is 43.9. The third-order valence-electron chi connectivity index (χ3n) is 24.8. The predicted molar refractivity (Wildman–Crippen MR) is 550 cm³/mol. The van der Waals surface area contributed by atoms with Gasteiger partial charge < -0.3 is 13.7 Å². The quantitative estimate of drug-likeness (QED) is 0.117. The molecule has 9 aromatic heterocycles. The van der Waals surface area contributed by atoms with Gasteiger partial charge >= 0.3 is 0 Å². The lowest BCUT2D eigenvalue weighted by molar-refractivity contribution is 1.06. The maximum Gasteiger partial charge on any atom is 0.166 e. The van der Waals surface area contributed by atoms with Crippen LogP contribution in [0.1, 0.15) is 0 Å². The second kappa shape index (κ2) is 32.7. The number of hydrogen-bond donors (Lipinski definition) is 0. The largest absolute Gasteiger partial charge is 0.308 e. The Kier molecular flexibility index (Phi) is 19.2. The number of aromatic nitrogens is 12. The lowest BCUT2D eigenvalue weighted by Gasteiger charge is -2.15. The van der Waals surface area contributed by atoms with Gasteiger partial charge in [0.1, 0.15) is 0 Å². The van der Waals surface area contributed by atoms with E-state index < -0.39 is 0 Å². The van der Waals surface area contributed by atoms with E-state index in [1.807, 2.05) is 216 Å². The number of thiophene rings is 3. The highest BCUT2D eigenvalue weighted by Crippen LogP contribution is 2.49. The fourth-order valence-corrected chi connectivity index (χ4v) is 22.4. The monoisotopic (exact) mass is 1740 g/mol. The zero-order chi connectivity index (χ0) is 87.1. The zero-order valence-electron chi connectivity index (χ0n) is 70.7. The molecule has 0 fully saturated rings. The molecule has 18 aromatic carbocycles. The highest BCUT2D eigenvalue weighted by Gasteiger charge is 2.26. The standard InChI is InChI=1S/3C39H24N4S/c1-3-13-25(14-4-1)37-40-38(26-15-5-2-6-16-26)42-39(41-37)31-19-8-11-21-33(31)43-32-20-10-7-17-27(32)29-23-24-30-28-18-9-12-22-34(28)44-36(30)35(29)43;1-3-12-25(13-4-1)37-40-38(26-14-5-2-6-15-26)42-39(41-37)27-16-11-17-28(24-27)43-33-20-9-7-18-29(33)31-22-23-32-30-19-8-10-21-34(30)44-36(32)35(31)43;1-3-11-25(12-4-1)37-40-38(26-13-5-2-6-14-26)42-39(41-37)27-19-21-28(22-20-27)43-33-17-9-7-15-29(33)31-23-24-32-30-16-8-10-18-34(30)44-36(32)35(31)43/h3*1-24H. The summed E-state index contributed by atoms with van der Waals surface area (Å²) in [7, 11) is 0. The molecule has 0 saturated carbocycles. The first kappa shape index (κ1) is 77.4. The molecule has 9 heterocycles. The van der Waals surface area contributed by atoms with E-state index in [4.69, 9.17) is 44.9 Å². The number of benzene rings is 18. The summed E-state index contributed by atoms with van der Waals surface area (Å²) in [4.78, 5) is 44.7. The fraction of sp³-hybridized carbons (Fsp3) is 0. The van der Waals surface area contributed by atoms with Crippen molar-refractivity contribution in [3.63, 3.8) is 0 Å². The van der Waals surface area contributed by atoms with Crippen LogP contribution in [-0.4, -0.2) is 58.6 Å². The van der Waals surface area contributed by atoms with E-state index in [0.717, 1.165) is 72.6 Å². The van der Waals surface area contributed by atoms with Gasteiger partial charge in [0.05, 0.1) is 52.9 Å². The second-order valence-corrected chi connectivity index (χ2v) is 35.8. The molecule has 27 rings (SSSR count). The molecule has 0 saturated heterocycles. The van der Waals surface area contributed by atoms with Crippen molar-refractivity contribution in [3.8, 4) is 120 Å². The highest BCUT2D eigenvalue weighted by molar-refractivity contribution is 7.27. The predicted octanol–water partition coefficient (Wildman–Crippen LogP) is 31.0. The molecule has 27 aromatic rings. The zero-order valence-corrected chi connectivity index (χ0v) is 73.1. The van der Waals surface area contributed by atoms with Crippen molar-refractivity contribution in [2.75, 3.05) is 0 Å². The maximum atomic E-state index is 5.09. The highest BCUT2D eigenvalue weighted by atomic mass is 32.1. The van der Waals surface area contributed by atoms with Crippen LogP contribution in [0.4, 0.5) is 0 Å². The van der Waals surface area contributed by atoms with Crippen molar-refractivity contribution < 1.29 is 0 Å². The van der Waals surface area contributed by atoms with Crippen molar-refractivity contribution in [3.05, 3.63) is 437 Å². The van der Waals surface area contributed by atoms with Gasteiger partial charge in [0, 0.05) is 140 Å². The summed E-state index contributed by atoms with van der Waals surface area (Å²) in [5.74, 6) is 5.87.